The smallest absolute Gasteiger partial charge is 0.292 e. The number of likely N-dealkylation sites (tertiary alicyclic amines) is 1. The second kappa shape index (κ2) is 4.53. The first-order chi connectivity index (χ1) is 7.27. The van der Waals surface area contributed by atoms with Gasteiger partial charge in [-0.05, 0) is 12.8 Å². The molecule has 2 heterocycles. The zero-order chi connectivity index (χ0) is 10.7. The van der Waals surface area contributed by atoms with Crippen LogP contribution in [0.2, 0.25) is 0 Å². The Bertz CT molecular complexity index is 278. The first-order valence-corrected chi connectivity index (χ1v) is 5.27. The van der Waals surface area contributed by atoms with Crippen LogP contribution in [0.4, 0.5) is 0 Å². The standard InChI is InChI=1S/C10H16N2O3/c11-8-2-1-3-12(6-8)10(13)9-7-14-4-5-15-9/h7-8H,1-6,11H2. The highest BCUT2D eigenvalue weighted by Crippen LogP contribution is 2.14. The molecular formula is C10H16N2O3. The molecule has 5 heteroatoms. The molecule has 2 aliphatic rings. The van der Waals surface area contributed by atoms with E-state index in [-0.39, 0.29) is 11.9 Å². The van der Waals surface area contributed by atoms with Crippen molar-refractivity contribution in [2.45, 2.75) is 18.9 Å². The van der Waals surface area contributed by atoms with Gasteiger partial charge in [0, 0.05) is 19.1 Å². The fourth-order valence-electron chi connectivity index (χ4n) is 1.83. The molecular weight excluding hydrogens is 196 g/mol. The fraction of sp³-hybridized carbons (Fsp3) is 0.700. The first-order valence-electron chi connectivity index (χ1n) is 5.27. The third-order valence-electron chi connectivity index (χ3n) is 2.60. The molecule has 0 radical (unpaired) electrons. The Morgan fingerprint density at radius 1 is 1.53 bits per heavy atom. The second-order valence-corrected chi connectivity index (χ2v) is 3.85. The molecule has 15 heavy (non-hydrogen) atoms. The van der Waals surface area contributed by atoms with E-state index in [1.807, 2.05) is 0 Å². The summed E-state index contributed by atoms with van der Waals surface area (Å²) in [5.74, 6) is 0.195. The Labute approximate surface area is 88.8 Å². The Hall–Kier alpha value is -1.23. The van der Waals surface area contributed by atoms with Crippen LogP contribution in [0.15, 0.2) is 12.0 Å². The number of hydrogen-bond donors (Lipinski definition) is 1. The molecule has 0 aromatic rings. The average molecular weight is 212 g/mol. The summed E-state index contributed by atoms with van der Waals surface area (Å²) in [7, 11) is 0. The van der Waals surface area contributed by atoms with Crippen LogP contribution in [-0.2, 0) is 14.3 Å². The molecule has 2 aliphatic heterocycles. The summed E-state index contributed by atoms with van der Waals surface area (Å²) < 4.78 is 10.3. The Kier molecular flexibility index (Phi) is 3.11. The molecule has 1 saturated heterocycles. The molecule has 1 unspecified atom stereocenters. The molecule has 0 bridgehead atoms. The topological polar surface area (TPSA) is 64.8 Å². The normalized spacial score (nSPS) is 26.3. The summed E-state index contributed by atoms with van der Waals surface area (Å²) in [6.07, 6.45) is 3.34. The van der Waals surface area contributed by atoms with Gasteiger partial charge in [0.15, 0.2) is 0 Å². The van der Waals surface area contributed by atoms with Crippen molar-refractivity contribution in [2.75, 3.05) is 26.3 Å². The molecule has 2 rings (SSSR count). The quantitative estimate of drug-likeness (QED) is 0.655. The predicted octanol–water partition coefficient (Wildman–Crippen LogP) is -0.176. The molecule has 1 atom stereocenters. The zero-order valence-electron chi connectivity index (χ0n) is 8.65. The number of ether oxygens (including phenoxy) is 2. The highest BCUT2D eigenvalue weighted by Gasteiger charge is 2.26. The van der Waals surface area contributed by atoms with Crippen LogP contribution < -0.4 is 5.73 Å². The number of rotatable bonds is 1. The van der Waals surface area contributed by atoms with Gasteiger partial charge < -0.3 is 20.1 Å². The Balaban J connectivity index is 1.97. The van der Waals surface area contributed by atoms with Gasteiger partial charge in [-0.2, -0.15) is 0 Å². The lowest BCUT2D eigenvalue weighted by Gasteiger charge is -2.31. The number of nitrogens with zero attached hydrogens (tertiary/aromatic N) is 1. The first kappa shape index (κ1) is 10.3. The van der Waals surface area contributed by atoms with Crippen molar-refractivity contribution < 1.29 is 14.3 Å². The Morgan fingerprint density at radius 2 is 2.40 bits per heavy atom. The van der Waals surface area contributed by atoms with Crippen LogP contribution in [0.25, 0.3) is 0 Å². The third kappa shape index (κ3) is 2.41. The molecule has 0 aliphatic carbocycles. The van der Waals surface area contributed by atoms with E-state index in [1.165, 1.54) is 6.26 Å². The maximum Gasteiger partial charge on any atom is 0.292 e. The van der Waals surface area contributed by atoms with E-state index in [0.29, 0.717) is 25.5 Å². The van der Waals surface area contributed by atoms with Gasteiger partial charge in [0.05, 0.1) is 0 Å². The lowest BCUT2D eigenvalue weighted by atomic mass is 10.1. The van der Waals surface area contributed by atoms with Crippen LogP contribution in [-0.4, -0.2) is 43.2 Å². The molecule has 84 valence electrons. The minimum atomic E-state index is -0.107. The summed E-state index contributed by atoms with van der Waals surface area (Å²) >= 11 is 0. The van der Waals surface area contributed by atoms with Crippen LogP contribution in [0.3, 0.4) is 0 Å². The summed E-state index contributed by atoms with van der Waals surface area (Å²) in [5, 5.41) is 0. The summed E-state index contributed by atoms with van der Waals surface area (Å²) in [6.45, 7) is 2.32. The van der Waals surface area contributed by atoms with E-state index in [9.17, 15) is 4.79 Å². The molecule has 5 nitrogen and oxygen atoms in total. The van der Waals surface area contributed by atoms with Crippen LogP contribution in [0.1, 0.15) is 12.8 Å². The van der Waals surface area contributed by atoms with Gasteiger partial charge in [-0.15, -0.1) is 0 Å². The summed E-state index contributed by atoms with van der Waals surface area (Å²) in [4.78, 5) is 13.6. The fourth-order valence-corrected chi connectivity index (χ4v) is 1.83. The van der Waals surface area contributed by atoms with Crippen molar-refractivity contribution in [1.29, 1.82) is 0 Å². The van der Waals surface area contributed by atoms with E-state index < -0.39 is 0 Å². The van der Waals surface area contributed by atoms with Gasteiger partial charge in [-0.25, -0.2) is 0 Å². The van der Waals surface area contributed by atoms with Gasteiger partial charge in [-0.3, -0.25) is 4.79 Å². The van der Waals surface area contributed by atoms with E-state index >= 15 is 0 Å². The van der Waals surface area contributed by atoms with Crippen molar-refractivity contribution in [3.63, 3.8) is 0 Å². The second-order valence-electron chi connectivity index (χ2n) is 3.85. The van der Waals surface area contributed by atoms with Crippen molar-refractivity contribution >= 4 is 5.91 Å². The summed E-state index contributed by atoms with van der Waals surface area (Å²) in [5.41, 5.74) is 5.81. The van der Waals surface area contributed by atoms with E-state index in [4.69, 9.17) is 15.2 Å². The molecule has 0 spiro atoms. The largest absolute Gasteiger partial charge is 0.494 e. The number of amides is 1. The molecule has 0 aromatic heterocycles. The predicted molar refractivity (Wildman–Crippen MR) is 53.8 cm³/mol. The molecule has 0 aromatic carbocycles. The van der Waals surface area contributed by atoms with Crippen LogP contribution >= 0.6 is 0 Å². The number of piperidine rings is 1. The average Bonchev–Trinajstić information content (AvgIpc) is 2.29. The van der Waals surface area contributed by atoms with E-state index in [2.05, 4.69) is 0 Å². The molecule has 1 amide bonds. The SMILES string of the molecule is NC1CCCN(C(=O)C2=COCCO2)C1. The zero-order valence-corrected chi connectivity index (χ0v) is 8.65. The molecule has 0 saturated carbocycles. The van der Waals surface area contributed by atoms with Gasteiger partial charge in [0.2, 0.25) is 5.76 Å². The number of carbonyl (C=O) groups is 1. The molecule has 2 N–H and O–H groups in total. The van der Waals surface area contributed by atoms with E-state index in [0.717, 1.165) is 19.4 Å². The van der Waals surface area contributed by atoms with Crippen molar-refractivity contribution in [3.8, 4) is 0 Å². The highest BCUT2D eigenvalue weighted by atomic mass is 16.6. The number of carbonyl (C=O) groups excluding carboxylic acids is 1. The number of nitrogens with two attached hydrogens (primary N) is 1. The van der Waals surface area contributed by atoms with Crippen molar-refractivity contribution in [2.24, 2.45) is 5.73 Å². The molecule has 1 fully saturated rings. The Morgan fingerprint density at radius 3 is 3.07 bits per heavy atom. The lowest BCUT2D eigenvalue weighted by Crippen LogP contribution is -2.46. The van der Waals surface area contributed by atoms with Crippen molar-refractivity contribution in [3.05, 3.63) is 12.0 Å². The van der Waals surface area contributed by atoms with Gasteiger partial charge in [0.1, 0.15) is 19.5 Å². The minimum Gasteiger partial charge on any atom is -0.494 e. The van der Waals surface area contributed by atoms with Crippen LogP contribution in [0, 0.1) is 0 Å². The summed E-state index contributed by atoms with van der Waals surface area (Å²) in [6, 6.07) is 0.0906. The van der Waals surface area contributed by atoms with Gasteiger partial charge in [-0.1, -0.05) is 0 Å². The van der Waals surface area contributed by atoms with Gasteiger partial charge >= 0.3 is 0 Å². The van der Waals surface area contributed by atoms with E-state index in [1.54, 1.807) is 4.90 Å². The number of hydrogen-bond acceptors (Lipinski definition) is 4. The maximum atomic E-state index is 11.9. The van der Waals surface area contributed by atoms with Gasteiger partial charge in [0.25, 0.3) is 5.91 Å². The minimum absolute atomic E-state index is 0.0906. The monoisotopic (exact) mass is 212 g/mol. The van der Waals surface area contributed by atoms with Crippen LogP contribution in [0.5, 0.6) is 0 Å². The van der Waals surface area contributed by atoms with Crippen molar-refractivity contribution in [1.82, 2.24) is 4.90 Å². The highest BCUT2D eigenvalue weighted by molar-refractivity contribution is 5.91. The third-order valence-corrected chi connectivity index (χ3v) is 2.60. The lowest BCUT2D eigenvalue weighted by molar-refractivity contribution is -0.133. The maximum absolute atomic E-state index is 11.9.